The van der Waals surface area contributed by atoms with Crippen LogP contribution in [-0.2, 0) is 14.3 Å². The van der Waals surface area contributed by atoms with E-state index < -0.39 is 0 Å². The number of amides is 1. The summed E-state index contributed by atoms with van der Waals surface area (Å²) in [5, 5.41) is 0. The number of ether oxygens (including phenoxy) is 2. The molecule has 1 saturated heterocycles. The molecule has 0 bridgehead atoms. The van der Waals surface area contributed by atoms with Crippen molar-refractivity contribution in [2.24, 2.45) is 5.73 Å². The van der Waals surface area contributed by atoms with Crippen LogP contribution in [0.3, 0.4) is 0 Å². The second-order valence-electron chi connectivity index (χ2n) is 4.29. The number of rotatable bonds is 8. The summed E-state index contributed by atoms with van der Waals surface area (Å²) in [4.78, 5) is 13.3. The molecule has 1 fully saturated rings. The average Bonchev–Trinajstić information content (AvgIpc) is 2.58. The molecule has 1 aliphatic rings. The van der Waals surface area contributed by atoms with E-state index in [0.29, 0.717) is 26.2 Å². The van der Waals surface area contributed by atoms with Gasteiger partial charge in [0.1, 0.15) is 0 Å². The third-order valence-corrected chi connectivity index (χ3v) is 2.82. The van der Waals surface area contributed by atoms with Gasteiger partial charge in [-0.3, -0.25) is 4.79 Å². The number of hydrogen-bond acceptors (Lipinski definition) is 4. The van der Waals surface area contributed by atoms with Crippen molar-refractivity contribution >= 4 is 5.91 Å². The summed E-state index contributed by atoms with van der Waals surface area (Å²) in [5.41, 5.74) is 5.73. The first-order chi connectivity index (χ1) is 8.17. The van der Waals surface area contributed by atoms with E-state index in [1.54, 1.807) is 0 Å². The lowest BCUT2D eigenvalue weighted by Crippen LogP contribution is -2.30. The van der Waals surface area contributed by atoms with E-state index in [-0.39, 0.29) is 18.2 Å². The molecule has 0 aromatic carbocycles. The molecular formula is C12H24N2O3. The molecule has 1 amide bonds. The highest BCUT2D eigenvalue weighted by atomic mass is 16.7. The first kappa shape index (κ1) is 14.4. The van der Waals surface area contributed by atoms with Crippen LogP contribution in [0.15, 0.2) is 0 Å². The van der Waals surface area contributed by atoms with Gasteiger partial charge >= 0.3 is 0 Å². The van der Waals surface area contributed by atoms with Crippen molar-refractivity contribution in [3.8, 4) is 0 Å². The van der Waals surface area contributed by atoms with Crippen LogP contribution in [0.2, 0.25) is 0 Å². The van der Waals surface area contributed by atoms with Crippen molar-refractivity contribution in [3.05, 3.63) is 0 Å². The number of carbonyl (C=O) groups excluding carboxylic acids is 1. The van der Waals surface area contributed by atoms with Gasteiger partial charge in [-0.05, 0) is 20.3 Å². The molecular weight excluding hydrogens is 220 g/mol. The monoisotopic (exact) mass is 244 g/mol. The van der Waals surface area contributed by atoms with Crippen molar-refractivity contribution < 1.29 is 14.3 Å². The lowest BCUT2D eigenvalue weighted by Gasteiger charge is -2.19. The standard InChI is InChI=1S/C12H24N2O3/c1-3-16-12(17-4-2)6-5-7-14-9-10(13)8-11(14)15/h10,12H,3-9,13H2,1-2H3. The zero-order valence-corrected chi connectivity index (χ0v) is 10.9. The number of hydrogen-bond donors (Lipinski definition) is 1. The summed E-state index contributed by atoms with van der Waals surface area (Å²) in [5.74, 6) is 0.168. The maximum absolute atomic E-state index is 11.5. The van der Waals surface area contributed by atoms with Crippen LogP contribution < -0.4 is 5.73 Å². The summed E-state index contributed by atoms with van der Waals surface area (Å²) in [6, 6.07) is 0.0112. The molecule has 1 unspecified atom stereocenters. The van der Waals surface area contributed by atoms with E-state index in [4.69, 9.17) is 15.2 Å². The summed E-state index contributed by atoms with van der Waals surface area (Å²) in [6.07, 6.45) is 2.06. The predicted octanol–water partition coefficient (Wildman–Crippen LogP) is 0.725. The Morgan fingerprint density at radius 2 is 2.06 bits per heavy atom. The van der Waals surface area contributed by atoms with Crippen molar-refractivity contribution in [2.75, 3.05) is 26.3 Å². The predicted molar refractivity (Wildman–Crippen MR) is 65.4 cm³/mol. The van der Waals surface area contributed by atoms with Crippen molar-refractivity contribution in [3.63, 3.8) is 0 Å². The molecule has 1 heterocycles. The zero-order chi connectivity index (χ0) is 12.7. The molecule has 17 heavy (non-hydrogen) atoms. The Labute approximate surface area is 103 Å². The molecule has 0 aromatic rings. The normalized spacial score (nSPS) is 20.6. The first-order valence-corrected chi connectivity index (χ1v) is 6.43. The Balaban J connectivity index is 2.19. The minimum absolute atomic E-state index is 0.0112. The lowest BCUT2D eigenvalue weighted by molar-refractivity contribution is -0.141. The SMILES string of the molecule is CCOC(CCCN1CC(N)CC1=O)OCC. The third-order valence-electron chi connectivity index (χ3n) is 2.82. The minimum atomic E-state index is -0.142. The molecule has 0 aliphatic carbocycles. The van der Waals surface area contributed by atoms with Gasteiger partial charge in [-0.15, -0.1) is 0 Å². The van der Waals surface area contributed by atoms with Crippen LogP contribution in [-0.4, -0.2) is 49.4 Å². The molecule has 5 nitrogen and oxygen atoms in total. The topological polar surface area (TPSA) is 64.8 Å². The highest BCUT2D eigenvalue weighted by Crippen LogP contribution is 2.12. The van der Waals surface area contributed by atoms with Gasteiger partial charge in [-0.1, -0.05) is 0 Å². The first-order valence-electron chi connectivity index (χ1n) is 6.43. The highest BCUT2D eigenvalue weighted by molar-refractivity contribution is 5.79. The Hall–Kier alpha value is -0.650. The second kappa shape index (κ2) is 7.63. The fraction of sp³-hybridized carbons (Fsp3) is 0.917. The van der Waals surface area contributed by atoms with Crippen LogP contribution >= 0.6 is 0 Å². The molecule has 2 N–H and O–H groups in total. The van der Waals surface area contributed by atoms with Gasteiger partial charge < -0.3 is 20.1 Å². The number of carbonyl (C=O) groups is 1. The van der Waals surface area contributed by atoms with Crippen molar-refractivity contribution in [2.45, 2.75) is 45.4 Å². The van der Waals surface area contributed by atoms with Crippen LogP contribution in [0.1, 0.15) is 33.1 Å². The second-order valence-corrected chi connectivity index (χ2v) is 4.29. The fourth-order valence-corrected chi connectivity index (χ4v) is 2.05. The van der Waals surface area contributed by atoms with E-state index in [1.807, 2.05) is 18.7 Å². The summed E-state index contributed by atoms with van der Waals surface area (Å²) in [7, 11) is 0. The quantitative estimate of drug-likeness (QED) is 0.639. The fourth-order valence-electron chi connectivity index (χ4n) is 2.05. The Kier molecular flexibility index (Phi) is 6.47. The van der Waals surface area contributed by atoms with Crippen LogP contribution in [0, 0.1) is 0 Å². The lowest BCUT2D eigenvalue weighted by atomic mass is 10.3. The van der Waals surface area contributed by atoms with E-state index in [0.717, 1.165) is 19.4 Å². The molecule has 1 aliphatic heterocycles. The van der Waals surface area contributed by atoms with Crippen LogP contribution in [0.4, 0.5) is 0 Å². The number of nitrogens with zero attached hydrogens (tertiary/aromatic N) is 1. The van der Waals surface area contributed by atoms with Gasteiger partial charge in [0.25, 0.3) is 0 Å². The van der Waals surface area contributed by atoms with Gasteiger partial charge in [0, 0.05) is 45.2 Å². The van der Waals surface area contributed by atoms with Crippen molar-refractivity contribution in [1.29, 1.82) is 0 Å². The zero-order valence-electron chi connectivity index (χ0n) is 10.9. The van der Waals surface area contributed by atoms with Gasteiger partial charge in [0.2, 0.25) is 5.91 Å². The van der Waals surface area contributed by atoms with Gasteiger partial charge in [-0.2, -0.15) is 0 Å². The van der Waals surface area contributed by atoms with Crippen LogP contribution in [0.25, 0.3) is 0 Å². The molecule has 1 rings (SSSR count). The molecule has 0 aromatic heterocycles. The Morgan fingerprint density at radius 1 is 1.41 bits per heavy atom. The molecule has 0 saturated carbocycles. The molecule has 0 radical (unpaired) electrons. The van der Waals surface area contributed by atoms with Crippen molar-refractivity contribution in [1.82, 2.24) is 4.90 Å². The van der Waals surface area contributed by atoms with Crippen LogP contribution in [0.5, 0.6) is 0 Å². The molecule has 5 heteroatoms. The average molecular weight is 244 g/mol. The smallest absolute Gasteiger partial charge is 0.224 e. The molecule has 100 valence electrons. The van der Waals surface area contributed by atoms with E-state index in [9.17, 15) is 4.79 Å². The van der Waals surface area contributed by atoms with E-state index in [2.05, 4.69) is 0 Å². The largest absolute Gasteiger partial charge is 0.353 e. The number of likely N-dealkylation sites (tertiary alicyclic amines) is 1. The van der Waals surface area contributed by atoms with Gasteiger partial charge in [0.15, 0.2) is 6.29 Å². The summed E-state index contributed by atoms with van der Waals surface area (Å²) in [6.45, 7) is 6.65. The van der Waals surface area contributed by atoms with Gasteiger partial charge in [0.05, 0.1) is 0 Å². The summed E-state index contributed by atoms with van der Waals surface area (Å²) >= 11 is 0. The Bertz CT molecular complexity index is 230. The maximum Gasteiger partial charge on any atom is 0.224 e. The maximum atomic E-state index is 11.5. The Morgan fingerprint density at radius 3 is 2.53 bits per heavy atom. The van der Waals surface area contributed by atoms with E-state index >= 15 is 0 Å². The van der Waals surface area contributed by atoms with Gasteiger partial charge in [-0.25, -0.2) is 0 Å². The number of nitrogens with two attached hydrogens (primary N) is 1. The highest BCUT2D eigenvalue weighted by Gasteiger charge is 2.26. The third kappa shape index (κ3) is 5.02. The minimum Gasteiger partial charge on any atom is -0.353 e. The summed E-state index contributed by atoms with van der Waals surface area (Å²) < 4.78 is 10.9. The van der Waals surface area contributed by atoms with E-state index in [1.165, 1.54) is 0 Å². The molecule has 0 spiro atoms. The molecule has 1 atom stereocenters.